The van der Waals surface area contributed by atoms with E-state index in [9.17, 15) is 0 Å². The molecule has 0 saturated heterocycles. The first-order chi connectivity index (χ1) is 7.98. The Kier molecular flexibility index (Phi) is 2.82. The van der Waals surface area contributed by atoms with Gasteiger partial charge in [-0.1, -0.05) is 62.4 Å². The highest BCUT2D eigenvalue weighted by atomic mass is 14.4. The molecule has 0 N–H and O–H groups in total. The Labute approximate surface area is 104 Å². The third-order valence-corrected chi connectivity index (χ3v) is 3.67. The van der Waals surface area contributed by atoms with Crippen LogP contribution in [0, 0.1) is 6.92 Å². The van der Waals surface area contributed by atoms with Gasteiger partial charge in [0.25, 0.3) is 0 Å². The van der Waals surface area contributed by atoms with Crippen LogP contribution in [-0.4, -0.2) is 0 Å². The highest BCUT2D eigenvalue weighted by molar-refractivity contribution is 5.89. The predicted molar refractivity (Wildman–Crippen MR) is 76.1 cm³/mol. The van der Waals surface area contributed by atoms with Crippen LogP contribution >= 0.6 is 0 Å². The molecule has 0 heterocycles. The summed E-state index contributed by atoms with van der Waals surface area (Å²) in [5.41, 5.74) is 6.60. The fraction of sp³-hybridized carbons (Fsp3) is 0.294. The van der Waals surface area contributed by atoms with E-state index in [1.165, 1.54) is 27.8 Å². The van der Waals surface area contributed by atoms with Crippen molar-refractivity contribution in [3.05, 3.63) is 65.3 Å². The molecule has 0 nitrogen and oxygen atoms in total. The van der Waals surface area contributed by atoms with E-state index >= 15 is 0 Å². The Morgan fingerprint density at radius 2 is 1.94 bits per heavy atom. The molecule has 2 rings (SSSR count). The van der Waals surface area contributed by atoms with Gasteiger partial charge >= 0.3 is 0 Å². The number of hydrogen-bond acceptors (Lipinski definition) is 0. The van der Waals surface area contributed by atoms with Crippen LogP contribution in [0.4, 0.5) is 0 Å². The summed E-state index contributed by atoms with van der Waals surface area (Å²) in [5.74, 6) is 0. The second-order valence-corrected chi connectivity index (χ2v) is 5.26. The fourth-order valence-corrected chi connectivity index (χ4v) is 2.45. The van der Waals surface area contributed by atoms with Gasteiger partial charge in [-0.15, -0.1) is 0 Å². The second-order valence-electron chi connectivity index (χ2n) is 5.26. The maximum Gasteiger partial charge on any atom is 0.0153 e. The monoisotopic (exact) mass is 224 g/mol. The van der Waals surface area contributed by atoms with Crippen molar-refractivity contribution in [1.82, 2.24) is 0 Å². The van der Waals surface area contributed by atoms with Crippen LogP contribution in [0.25, 0.3) is 5.57 Å². The summed E-state index contributed by atoms with van der Waals surface area (Å²) in [6.07, 6.45) is 6.32. The molecule has 0 spiro atoms. The van der Waals surface area contributed by atoms with Crippen molar-refractivity contribution in [2.75, 3.05) is 0 Å². The summed E-state index contributed by atoms with van der Waals surface area (Å²) < 4.78 is 0. The molecule has 0 bridgehead atoms. The van der Waals surface area contributed by atoms with Crippen LogP contribution in [-0.2, 0) is 5.41 Å². The predicted octanol–water partition coefficient (Wildman–Crippen LogP) is 4.80. The smallest absolute Gasteiger partial charge is 0.0153 e. The van der Waals surface area contributed by atoms with Crippen LogP contribution in [0.1, 0.15) is 37.5 Å². The summed E-state index contributed by atoms with van der Waals surface area (Å²) in [7, 11) is 0. The number of allylic oxidation sites excluding steroid dienone is 5. The van der Waals surface area contributed by atoms with Crippen LogP contribution in [0.3, 0.4) is 0 Å². The van der Waals surface area contributed by atoms with Crippen LogP contribution in [0.2, 0.25) is 0 Å². The molecule has 0 fully saturated rings. The highest BCUT2D eigenvalue weighted by Crippen LogP contribution is 2.48. The molecule has 17 heavy (non-hydrogen) atoms. The van der Waals surface area contributed by atoms with E-state index in [4.69, 9.17) is 0 Å². The van der Waals surface area contributed by atoms with E-state index < -0.39 is 0 Å². The van der Waals surface area contributed by atoms with Crippen molar-refractivity contribution in [2.24, 2.45) is 0 Å². The van der Waals surface area contributed by atoms with Gasteiger partial charge in [0.1, 0.15) is 0 Å². The Morgan fingerprint density at radius 1 is 1.24 bits per heavy atom. The molecule has 0 heteroatoms. The molecule has 0 radical (unpaired) electrons. The third-order valence-electron chi connectivity index (χ3n) is 3.67. The maximum atomic E-state index is 4.28. The molecule has 0 aliphatic heterocycles. The zero-order valence-electron chi connectivity index (χ0n) is 11.2. The Morgan fingerprint density at radius 3 is 2.59 bits per heavy atom. The van der Waals surface area contributed by atoms with Crippen molar-refractivity contribution < 1.29 is 0 Å². The van der Waals surface area contributed by atoms with E-state index in [1.807, 2.05) is 6.92 Å². The molecular weight excluding hydrogens is 204 g/mol. The minimum absolute atomic E-state index is 0.0504. The minimum atomic E-state index is 0.0504. The number of benzene rings is 1. The van der Waals surface area contributed by atoms with Gasteiger partial charge in [-0.25, -0.2) is 0 Å². The first-order valence-corrected chi connectivity index (χ1v) is 6.12. The summed E-state index contributed by atoms with van der Waals surface area (Å²) in [4.78, 5) is 0. The second kappa shape index (κ2) is 4.03. The quantitative estimate of drug-likeness (QED) is 0.642. The summed E-state index contributed by atoms with van der Waals surface area (Å²) in [6, 6.07) is 6.69. The summed E-state index contributed by atoms with van der Waals surface area (Å²) >= 11 is 0. The SMILES string of the molecule is C=C1/C(=C\C=C\C)c2ccc(C)cc2C1(C)C. The standard InChI is InChI=1S/C17H20/c1-6-7-8-14-13(3)17(4,5)16-11-12(2)9-10-15(14)16/h6-11H,3H2,1-2,4-5H3/b7-6+,14-8+. The third kappa shape index (κ3) is 1.78. The molecule has 1 aromatic carbocycles. The molecule has 0 aromatic heterocycles. The van der Waals surface area contributed by atoms with Gasteiger partial charge in [-0.2, -0.15) is 0 Å². The lowest BCUT2D eigenvalue weighted by Crippen LogP contribution is -2.14. The van der Waals surface area contributed by atoms with Gasteiger partial charge in [0.2, 0.25) is 0 Å². The van der Waals surface area contributed by atoms with Gasteiger partial charge in [-0.3, -0.25) is 0 Å². The fourth-order valence-electron chi connectivity index (χ4n) is 2.45. The maximum absolute atomic E-state index is 4.28. The lowest BCUT2D eigenvalue weighted by atomic mass is 9.83. The van der Waals surface area contributed by atoms with Gasteiger partial charge < -0.3 is 0 Å². The minimum Gasteiger partial charge on any atom is -0.0943 e. The Hall–Kier alpha value is -1.56. The first-order valence-electron chi connectivity index (χ1n) is 6.12. The zero-order valence-corrected chi connectivity index (χ0v) is 11.2. The molecular formula is C17H20. The van der Waals surface area contributed by atoms with Gasteiger partial charge in [-0.05, 0) is 36.1 Å². The van der Waals surface area contributed by atoms with Crippen LogP contribution in [0.5, 0.6) is 0 Å². The van der Waals surface area contributed by atoms with E-state index in [0.29, 0.717) is 0 Å². The van der Waals surface area contributed by atoms with E-state index in [2.05, 4.69) is 63.8 Å². The van der Waals surface area contributed by atoms with Crippen LogP contribution in [0.15, 0.2) is 48.6 Å². The molecule has 1 aliphatic carbocycles. The Bertz CT molecular complexity index is 525. The number of hydrogen-bond donors (Lipinski definition) is 0. The van der Waals surface area contributed by atoms with Crippen LogP contribution < -0.4 is 0 Å². The molecule has 1 aliphatic rings. The zero-order chi connectivity index (χ0) is 12.6. The number of rotatable bonds is 1. The van der Waals surface area contributed by atoms with E-state index in [-0.39, 0.29) is 5.41 Å². The van der Waals surface area contributed by atoms with Gasteiger partial charge in [0.15, 0.2) is 0 Å². The van der Waals surface area contributed by atoms with E-state index in [0.717, 1.165) is 0 Å². The lowest BCUT2D eigenvalue weighted by molar-refractivity contribution is 0.662. The molecule has 0 saturated carbocycles. The van der Waals surface area contributed by atoms with Gasteiger partial charge in [0.05, 0.1) is 0 Å². The first kappa shape index (κ1) is 11.9. The number of aryl methyl sites for hydroxylation is 1. The summed E-state index contributed by atoms with van der Waals surface area (Å²) in [5, 5.41) is 0. The average molecular weight is 224 g/mol. The van der Waals surface area contributed by atoms with Crippen molar-refractivity contribution >= 4 is 5.57 Å². The number of fused-ring (bicyclic) bond motifs is 1. The van der Waals surface area contributed by atoms with E-state index in [1.54, 1.807) is 0 Å². The molecule has 0 unspecified atom stereocenters. The molecule has 1 aromatic rings. The molecule has 88 valence electrons. The van der Waals surface area contributed by atoms with Crippen molar-refractivity contribution in [2.45, 2.75) is 33.1 Å². The normalized spacial score (nSPS) is 20.2. The van der Waals surface area contributed by atoms with Crippen molar-refractivity contribution in [3.63, 3.8) is 0 Å². The molecule has 0 atom stereocenters. The Balaban J connectivity index is 2.68. The van der Waals surface area contributed by atoms with Crippen molar-refractivity contribution in [1.29, 1.82) is 0 Å². The average Bonchev–Trinajstić information content (AvgIpc) is 2.47. The topological polar surface area (TPSA) is 0 Å². The largest absolute Gasteiger partial charge is 0.0943 e. The molecule has 0 amide bonds. The van der Waals surface area contributed by atoms with Crippen molar-refractivity contribution in [3.8, 4) is 0 Å². The summed E-state index contributed by atoms with van der Waals surface area (Å²) in [6.45, 7) is 13.0. The lowest BCUT2D eigenvalue weighted by Gasteiger charge is -2.21. The highest BCUT2D eigenvalue weighted by Gasteiger charge is 2.36. The van der Waals surface area contributed by atoms with Gasteiger partial charge in [0, 0.05) is 5.41 Å².